The Kier molecular flexibility index (Phi) is 9.12. The molecule has 4 rings (SSSR count). The minimum Gasteiger partial charge on any atom is -0.266 e. The zero-order valence-electron chi connectivity index (χ0n) is 20.6. The SMILES string of the molecule is N#CC(CCCC(C#N)N=C(c1ccccc1)c1ccccc1)N=C(c1ccccc1)c1ccccc1. The summed E-state index contributed by atoms with van der Waals surface area (Å²) in [5.74, 6) is 0. The van der Waals surface area contributed by atoms with Crippen LogP contribution in [0.25, 0.3) is 0 Å². The maximum Gasteiger partial charge on any atom is 0.137 e. The maximum absolute atomic E-state index is 9.88. The predicted octanol–water partition coefficient (Wildman–Crippen LogP) is 7.02. The van der Waals surface area contributed by atoms with Crippen molar-refractivity contribution < 1.29 is 0 Å². The van der Waals surface area contributed by atoms with E-state index in [1.807, 2.05) is 121 Å². The van der Waals surface area contributed by atoms with Crippen LogP contribution in [0.5, 0.6) is 0 Å². The van der Waals surface area contributed by atoms with E-state index in [1.165, 1.54) is 0 Å². The summed E-state index contributed by atoms with van der Waals surface area (Å²) >= 11 is 0. The van der Waals surface area contributed by atoms with Gasteiger partial charge in [0.05, 0.1) is 23.6 Å². The molecule has 0 aliphatic carbocycles. The molecular weight excluding hydrogens is 452 g/mol. The Balaban J connectivity index is 1.52. The summed E-state index contributed by atoms with van der Waals surface area (Å²) in [5.41, 5.74) is 5.51. The van der Waals surface area contributed by atoms with E-state index >= 15 is 0 Å². The van der Waals surface area contributed by atoms with Crippen LogP contribution >= 0.6 is 0 Å². The van der Waals surface area contributed by atoms with Crippen LogP contribution in [0.4, 0.5) is 0 Å². The first kappa shape index (κ1) is 25.3. The van der Waals surface area contributed by atoms with Crippen molar-refractivity contribution in [3.63, 3.8) is 0 Å². The minimum absolute atomic E-state index is 0.513. The van der Waals surface area contributed by atoms with E-state index in [4.69, 9.17) is 9.98 Å². The van der Waals surface area contributed by atoms with Gasteiger partial charge in [-0.25, -0.2) is 0 Å². The van der Waals surface area contributed by atoms with Crippen LogP contribution in [0.15, 0.2) is 131 Å². The fraction of sp³-hybridized carbons (Fsp3) is 0.152. The zero-order valence-corrected chi connectivity index (χ0v) is 20.6. The number of benzene rings is 4. The molecule has 0 aliphatic heterocycles. The van der Waals surface area contributed by atoms with Crippen LogP contribution in [0.3, 0.4) is 0 Å². The molecule has 180 valence electrons. The van der Waals surface area contributed by atoms with Crippen molar-refractivity contribution in [2.45, 2.75) is 31.3 Å². The molecule has 4 aromatic rings. The summed E-state index contributed by atoms with van der Waals surface area (Å²) in [4.78, 5) is 9.70. The highest BCUT2D eigenvalue weighted by molar-refractivity contribution is 6.13. The second kappa shape index (κ2) is 13.3. The van der Waals surface area contributed by atoms with Crippen molar-refractivity contribution in [1.82, 2.24) is 0 Å². The highest BCUT2D eigenvalue weighted by Crippen LogP contribution is 2.17. The van der Waals surface area contributed by atoms with Gasteiger partial charge in [0.2, 0.25) is 0 Å². The third-order valence-corrected chi connectivity index (χ3v) is 6.01. The normalized spacial score (nSPS) is 11.8. The first-order valence-electron chi connectivity index (χ1n) is 12.4. The lowest BCUT2D eigenvalue weighted by atomic mass is 10.0. The third-order valence-electron chi connectivity index (χ3n) is 6.01. The van der Waals surface area contributed by atoms with Crippen LogP contribution in [0.1, 0.15) is 41.5 Å². The molecule has 0 saturated carbocycles. The Morgan fingerprint density at radius 1 is 0.486 bits per heavy atom. The molecule has 2 unspecified atom stereocenters. The quantitative estimate of drug-likeness (QED) is 0.229. The van der Waals surface area contributed by atoms with Crippen molar-refractivity contribution in [1.29, 1.82) is 10.5 Å². The molecule has 0 heterocycles. The molecule has 4 nitrogen and oxygen atoms in total. The Bertz CT molecular complexity index is 1200. The number of nitrogens with zero attached hydrogens (tertiary/aromatic N) is 4. The second-order valence-electron chi connectivity index (χ2n) is 8.64. The van der Waals surface area contributed by atoms with Gasteiger partial charge < -0.3 is 0 Å². The molecule has 0 fully saturated rings. The van der Waals surface area contributed by atoms with E-state index in [0.29, 0.717) is 19.3 Å². The standard InChI is InChI=1S/C33H28N4/c34-24-30(36-32(26-14-5-1-6-15-26)27-16-7-2-8-17-27)22-13-23-31(25-35)37-33(28-18-9-3-10-19-28)29-20-11-4-12-21-29/h1-12,14-21,30-31H,13,22-23H2. The van der Waals surface area contributed by atoms with Crippen molar-refractivity contribution in [2.24, 2.45) is 9.98 Å². The smallest absolute Gasteiger partial charge is 0.137 e. The Hall–Kier alpha value is -4.80. The average Bonchev–Trinajstić information content (AvgIpc) is 2.98. The lowest BCUT2D eigenvalue weighted by Crippen LogP contribution is -2.13. The van der Waals surface area contributed by atoms with Gasteiger partial charge in [-0.1, -0.05) is 121 Å². The molecule has 0 aromatic heterocycles. The third kappa shape index (κ3) is 7.10. The fourth-order valence-electron chi connectivity index (χ4n) is 4.15. The Morgan fingerprint density at radius 2 is 0.757 bits per heavy atom. The van der Waals surface area contributed by atoms with Gasteiger partial charge in [0.25, 0.3) is 0 Å². The largest absolute Gasteiger partial charge is 0.266 e. The predicted molar refractivity (Wildman–Crippen MR) is 150 cm³/mol. The highest BCUT2D eigenvalue weighted by Gasteiger charge is 2.15. The van der Waals surface area contributed by atoms with E-state index in [9.17, 15) is 10.5 Å². The maximum atomic E-state index is 9.88. The van der Waals surface area contributed by atoms with Gasteiger partial charge in [0.15, 0.2) is 0 Å². The zero-order chi connectivity index (χ0) is 25.7. The lowest BCUT2D eigenvalue weighted by Gasteiger charge is -2.13. The minimum atomic E-state index is -0.513. The van der Waals surface area contributed by atoms with Gasteiger partial charge in [-0.2, -0.15) is 10.5 Å². The molecule has 4 heteroatoms. The van der Waals surface area contributed by atoms with Crippen LogP contribution in [0, 0.1) is 22.7 Å². The highest BCUT2D eigenvalue weighted by atomic mass is 14.8. The van der Waals surface area contributed by atoms with Crippen molar-refractivity contribution >= 4 is 11.4 Å². The molecule has 0 radical (unpaired) electrons. The van der Waals surface area contributed by atoms with Gasteiger partial charge in [0.1, 0.15) is 12.1 Å². The topological polar surface area (TPSA) is 72.3 Å². The summed E-state index contributed by atoms with van der Waals surface area (Å²) < 4.78 is 0. The molecular formula is C33H28N4. The summed E-state index contributed by atoms with van der Waals surface area (Å²) in [6, 6.07) is 43.4. The van der Waals surface area contributed by atoms with Crippen molar-refractivity contribution in [2.75, 3.05) is 0 Å². The molecule has 0 saturated heterocycles. The number of nitriles is 2. The van der Waals surface area contributed by atoms with Crippen molar-refractivity contribution in [3.05, 3.63) is 144 Å². The van der Waals surface area contributed by atoms with Crippen LogP contribution in [-0.4, -0.2) is 23.5 Å². The fourth-order valence-corrected chi connectivity index (χ4v) is 4.15. The molecule has 4 aromatic carbocycles. The Labute approximate surface area is 218 Å². The van der Waals surface area contributed by atoms with Gasteiger partial charge >= 0.3 is 0 Å². The van der Waals surface area contributed by atoms with Crippen LogP contribution < -0.4 is 0 Å². The number of aliphatic imine (C=N–C) groups is 2. The molecule has 0 spiro atoms. The summed E-state index contributed by atoms with van der Waals surface area (Å²) in [5, 5.41) is 19.8. The molecule has 0 amide bonds. The summed E-state index contributed by atoms with van der Waals surface area (Å²) in [7, 11) is 0. The average molecular weight is 481 g/mol. The van der Waals surface area contributed by atoms with Gasteiger partial charge in [-0.15, -0.1) is 0 Å². The monoisotopic (exact) mass is 480 g/mol. The number of hydrogen-bond acceptors (Lipinski definition) is 4. The molecule has 0 aliphatic rings. The first-order valence-corrected chi connectivity index (χ1v) is 12.4. The van der Waals surface area contributed by atoms with Crippen molar-refractivity contribution in [3.8, 4) is 12.1 Å². The Morgan fingerprint density at radius 3 is 1.00 bits per heavy atom. The van der Waals surface area contributed by atoms with E-state index in [2.05, 4.69) is 12.1 Å². The first-order chi connectivity index (χ1) is 18.3. The van der Waals surface area contributed by atoms with Crippen LogP contribution in [0.2, 0.25) is 0 Å². The van der Waals surface area contributed by atoms with E-state index in [1.54, 1.807) is 0 Å². The van der Waals surface area contributed by atoms with Gasteiger partial charge in [-0.3, -0.25) is 9.98 Å². The molecule has 0 bridgehead atoms. The van der Waals surface area contributed by atoms with Crippen LogP contribution in [-0.2, 0) is 0 Å². The molecule has 37 heavy (non-hydrogen) atoms. The second-order valence-corrected chi connectivity index (χ2v) is 8.64. The number of hydrogen-bond donors (Lipinski definition) is 0. The van der Waals surface area contributed by atoms with Gasteiger partial charge in [-0.05, 0) is 19.3 Å². The number of rotatable bonds is 10. The summed E-state index contributed by atoms with van der Waals surface area (Å²) in [6.45, 7) is 0. The molecule has 2 atom stereocenters. The lowest BCUT2D eigenvalue weighted by molar-refractivity contribution is 0.609. The van der Waals surface area contributed by atoms with Gasteiger partial charge in [0, 0.05) is 22.3 Å². The van der Waals surface area contributed by atoms with E-state index in [-0.39, 0.29) is 0 Å². The molecule has 0 N–H and O–H groups in total. The summed E-state index contributed by atoms with van der Waals surface area (Å²) in [6.07, 6.45) is 1.77. The van der Waals surface area contributed by atoms with E-state index in [0.717, 1.165) is 33.7 Å². The van der Waals surface area contributed by atoms with E-state index < -0.39 is 12.1 Å².